The molecule has 3 fully saturated rings. The molecule has 17 heteroatoms. The van der Waals surface area contributed by atoms with Gasteiger partial charge in [-0.2, -0.15) is 0 Å². The van der Waals surface area contributed by atoms with Crippen molar-refractivity contribution in [3.05, 3.63) is 42.1 Å². The van der Waals surface area contributed by atoms with Crippen molar-refractivity contribution in [1.82, 2.24) is 19.9 Å². The Morgan fingerprint density at radius 2 is 1.82 bits per heavy atom. The van der Waals surface area contributed by atoms with E-state index in [4.69, 9.17) is 25.7 Å². The minimum Gasteiger partial charge on any atom is -0.497 e. The van der Waals surface area contributed by atoms with Gasteiger partial charge in [-0.3, -0.25) is 23.9 Å². The lowest BCUT2D eigenvalue weighted by molar-refractivity contribution is -0.140. The Balaban J connectivity index is 1.28. The highest BCUT2D eigenvalue weighted by Crippen LogP contribution is 2.43. The van der Waals surface area contributed by atoms with Crippen molar-refractivity contribution >= 4 is 50.5 Å². The quantitative estimate of drug-likeness (QED) is 0.148. The topological polar surface area (TPSA) is 239 Å². The first-order valence-electron chi connectivity index (χ1n) is 20.9. The molecule has 330 valence electrons. The summed E-state index contributed by atoms with van der Waals surface area (Å²) in [4.78, 5) is 71.7. The number of primary amides is 2. The second kappa shape index (κ2) is 18.8. The van der Waals surface area contributed by atoms with Gasteiger partial charge in [0, 0.05) is 29.3 Å². The van der Waals surface area contributed by atoms with Crippen LogP contribution in [0.3, 0.4) is 0 Å². The van der Waals surface area contributed by atoms with Gasteiger partial charge in [-0.15, -0.1) is 0 Å². The van der Waals surface area contributed by atoms with Crippen LogP contribution in [0.25, 0.3) is 10.8 Å². The van der Waals surface area contributed by atoms with Crippen LogP contribution in [0.5, 0.6) is 11.6 Å². The number of likely N-dealkylation sites (tertiary alicyclic amines) is 1. The predicted molar refractivity (Wildman–Crippen MR) is 225 cm³/mol. The average Bonchev–Trinajstić information content (AvgIpc) is 3.55. The molecule has 0 radical (unpaired) electrons. The molecule has 1 aromatic carbocycles. The highest BCUT2D eigenvalue weighted by molar-refractivity contribution is 7.91. The van der Waals surface area contributed by atoms with Crippen LogP contribution >= 0.6 is 0 Å². The number of carbonyl (C=O) groups is 5. The summed E-state index contributed by atoms with van der Waals surface area (Å²) in [6.07, 6.45) is 9.87. The van der Waals surface area contributed by atoms with E-state index in [9.17, 15) is 32.4 Å². The van der Waals surface area contributed by atoms with E-state index in [0.717, 1.165) is 19.3 Å². The Morgan fingerprint density at radius 1 is 1.10 bits per heavy atom. The van der Waals surface area contributed by atoms with E-state index in [0.29, 0.717) is 55.0 Å². The maximum Gasteiger partial charge on any atom is 0.408 e. The third-order valence-electron chi connectivity index (χ3n) is 12.1. The molecule has 3 aliphatic rings. The molecule has 2 aliphatic carbocycles. The molecular formula is C43H62N6O10S. The van der Waals surface area contributed by atoms with Crippen LogP contribution in [-0.2, 0) is 29.1 Å². The molecule has 0 spiro atoms. The van der Waals surface area contributed by atoms with Gasteiger partial charge in [-0.05, 0) is 109 Å². The summed E-state index contributed by atoms with van der Waals surface area (Å²) in [6, 6.07) is 2.92. The van der Waals surface area contributed by atoms with Crippen molar-refractivity contribution in [1.29, 1.82) is 0 Å². The lowest BCUT2D eigenvalue weighted by Crippen LogP contribution is -2.56. The third kappa shape index (κ3) is 11.1. The summed E-state index contributed by atoms with van der Waals surface area (Å²) < 4.78 is 44.1. The standard InChI is InChI=1S/C43H62N6O10S/c1-8-26(20-25(2)12-9-10-13-27-14-11-15-30(27)38(52)48-60(55,56)43(6)18-19-43)35(47-41(54)59-42(3,4)5)40(53)49-24-29(22-34(49)37(45)51)58-39-31-17-16-28(57-7)21-32(31)33(23-46-39)36(44)50/h10,13,16-17,21,23,25-27,29-30,34-35H,8-9,11-12,14-15,18-20,22,24H2,1-7H3,(H2,44,50)(H2,45,51)(H,47,54)(H,48,52)/b13-10-/t25-,26-,27-,29?,30?,34+,35+/m1/s1. The molecule has 16 nitrogen and oxygen atoms in total. The number of alkyl carbamates (subject to hydrolysis) is 1. The smallest absolute Gasteiger partial charge is 0.408 e. The number of nitrogens with one attached hydrogen (secondary N) is 2. The van der Waals surface area contributed by atoms with Crippen molar-refractivity contribution in [3.63, 3.8) is 0 Å². The van der Waals surface area contributed by atoms with E-state index in [1.807, 2.05) is 19.1 Å². The van der Waals surface area contributed by atoms with Crippen molar-refractivity contribution in [2.45, 2.75) is 134 Å². The molecule has 1 saturated heterocycles. The van der Waals surface area contributed by atoms with Crippen LogP contribution in [0.1, 0.15) is 116 Å². The number of allylic oxidation sites excluding steroid dienone is 2. The number of carbonyl (C=O) groups excluding carboxylic acids is 5. The lowest BCUT2D eigenvalue weighted by Gasteiger charge is -2.33. The van der Waals surface area contributed by atoms with Crippen LogP contribution in [-0.4, -0.2) is 90.2 Å². The first kappa shape index (κ1) is 46.1. The van der Waals surface area contributed by atoms with Gasteiger partial charge in [-0.1, -0.05) is 38.8 Å². The predicted octanol–water partition coefficient (Wildman–Crippen LogP) is 4.87. The largest absolute Gasteiger partial charge is 0.497 e. The Kier molecular flexibility index (Phi) is 14.4. The molecule has 2 aromatic rings. The molecule has 2 saturated carbocycles. The van der Waals surface area contributed by atoms with Gasteiger partial charge in [0.2, 0.25) is 33.6 Å². The van der Waals surface area contributed by atoms with Crippen LogP contribution < -0.4 is 31.0 Å². The number of pyridine rings is 1. The number of nitrogens with two attached hydrogens (primary N) is 2. The van der Waals surface area contributed by atoms with E-state index in [-0.39, 0.29) is 42.2 Å². The maximum absolute atomic E-state index is 14.6. The molecule has 5 amide bonds. The molecule has 1 aliphatic heterocycles. The van der Waals surface area contributed by atoms with Gasteiger partial charge in [0.15, 0.2) is 0 Å². The number of hydrogen-bond acceptors (Lipinski definition) is 11. The van der Waals surface area contributed by atoms with Gasteiger partial charge in [-0.25, -0.2) is 18.2 Å². The summed E-state index contributed by atoms with van der Waals surface area (Å²) in [7, 11) is -2.21. The fraction of sp³-hybridized carbons (Fsp3) is 0.628. The summed E-state index contributed by atoms with van der Waals surface area (Å²) in [6.45, 7) is 10.8. The zero-order valence-electron chi connectivity index (χ0n) is 35.8. The Bertz CT molecular complexity index is 2080. The molecule has 60 heavy (non-hydrogen) atoms. The van der Waals surface area contributed by atoms with E-state index >= 15 is 0 Å². The van der Waals surface area contributed by atoms with Crippen molar-refractivity contribution in [2.24, 2.45) is 35.1 Å². The number of sulfonamides is 1. The van der Waals surface area contributed by atoms with Crippen LogP contribution in [0, 0.1) is 23.7 Å². The molecule has 2 heterocycles. The Morgan fingerprint density at radius 3 is 2.43 bits per heavy atom. The van der Waals surface area contributed by atoms with Crippen molar-refractivity contribution < 1.29 is 46.6 Å². The maximum atomic E-state index is 14.6. The number of rotatable bonds is 18. The number of fused-ring (bicyclic) bond motifs is 1. The third-order valence-corrected chi connectivity index (χ3v) is 14.2. The van der Waals surface area contributed by atoms with E-state index in [1.54, 1.807) is 45.9 Å². The molecular weight excluding hydrogens is 793 g/mol. The van der Waals surface area contributed by atoms with Crippen LogP contribution in [0.2, 0.25) is 0 Å². The molecule has 2 unspecified atom stereocenters. The lowest BCUT2D eigenvalue weighted by atomic mass is 9.84. The summed E-state index contributed by atoms with van der Waals surface area (Å²) in [5.74, 6) is -2.37. The fourth-order valence-corrected chi connectivity index (χ4v) is 9.61. The number of benzene rings is 1. The number of amides is 5. The van der Waals surface area contributed by atoms with Gasteiger partial charge in [0.1, 0.15) is 29.5 Å². The molecule has 6 N–H and O–H groups in total. The minimum absolute atomic E-state index is 0.0297. The number of ether oxygens (including phenoxy) is 3. The van der Waals surface area contributed by atoms with E-state index < -0.39 is 74.2 Å². The van der Waals surface area contributed by atoms with Gasteiger partial charge in [0.05, 0.1) is 24.0 Å². The van der Waals surface area contributed by atoms with Gasteiger partial charge in [0.25, 0.3) is 5.91 Å². The second-order valence-electron chi connectivity index (χ2n) is 17.9. The van der Waals surface area contributed by atoms with Gasteiger partial charge < -0.3 is 35.9 Å². The summed E-state index contributed by atoms with van der Waals surface area (Å²) in [5.41, 5.74) is 10.8. The van der Waals surface area contributed by atoms with E-state index in [2.05, 4.69) is 21.9 Å². The first-order valence-corrected chi connectivity index (χ1v) is 22.4. The Hall–Kier alpha value is -4.93. The normalized spacial score (nSPS) is 22.8. The van der Waals surface area contributed by atoms with Crippen molar-refractivity contribution in [2.75, 3.05) is 13.7 Å². The van der Waals surface area contributed by atoms with Gasteiger partial charge >= 0.3 is 6.09 Å². The minimum atomic E-state index is -3.70. The number of nitrogens with zero attached hydrogens (tertiary/aromatic N) is 2. The average molecular weight is 855 g/mol. The zero-order valence-corrected chi connectivity index (χ0v) is 36.6. The SMILES string of the molecule is CC[C@H](C[C@H](C)CC/C=C\[C@@H]1CCCC1C(=O)NS(=O)(=O)C1(C)CC1)[C@H](NC(=O)OC(C)(C)C)C(=O)N1CC(Oc2ncc(C(N)=O)c3cc(OC)ccc23)C[C@H]1C(N)=O. The summed E-state index contributed by atoms with van der Waals surface area (Å²) in [5, 5.41) is 3.76. The Labute approximate surface area is 352 Å². The molecule has 1 aromatic heterocycles. The number of hydrogen-bond donors (Lipinski definition) is 4. The monoisotopic (exact) mass is 854 g/mol. The molecule has 7 atom stereocenters. The highest BCUT2D eigenvalue weighted by atomic mass is 32.2. The van der Waals surface area contributed by atoms with Crippen LogP contribution in [0.15, 0.2) is 36.5 Å². The van der Waals surface area contributed by atoms with E-state index in [1.165, 1.54) is 18.2 Å². The first-order chi connectivity index (χ1) is 28.2. The zero-order chi connectivity index (χ0) is 44.2. The summed E-state index contributed by atoms with van der Waals surface area (Å²) >= 11 is 0. The van der Waals surface area contributed by atoms with Crippen molar-refractivity contribution in [3.8, 4) is 11.6 Å². The number of methoxy groups -OCH3 is 1. The van der Waals surface area contributed by atoms with Crippen LogP contribution in [0.4, 0.5) is 4.79 Å². The second-order valence-corrected chi connectivity index (χ2v) is 20.1. The molecule has 0 bridgehead atoms. The highest BCUT2D eigenvalue weighted by Gasteiger charge is 2.51. The molecule has 5 rings (SSSR count). The number of aromatic nitrogens is 1. The fourth-order valence-electron chi connectivity index (χ4n) is 8.31.